The maximum Gasteiger partial charge on any atom is 0.237 e. The van der Waals surface area contributed by atoms with Gasteiger partial charge in [0.2, 0.25) is 5.91 Å². The molecule has 3 N–H and O–H groups in total. The second kappa shape index (κ2) is 13.4. The number of nitrogens with one attached hydrogen (secondary N) is 1. The summed E-state index contributed by atoms with van der Waals surface area (Å²) in [6, 6.07) is 8.18. The van der Waals surface area contributed by atoms with E-state index in [2.05, 4.69) is 34.5 Å². The van der Waals surface area contributed by atoms with Crippen molar-refractivity contribution in [1.82, 2.24) is 10.2 Å². The normalized spacial score (nSPS) is 19.6. The van der Waals surface area contributed by atoms with Crippen LogP contribution in [-0.4, -0.2) is 43.2 Å². The number of carbonyl (C=O) groups is 1. The Labute approximate surface area is 181 Å². The molecule has 0 bridgehead atoms. The zero-order valence-corrected chi connectivity index (χ0v) is 18.2. The summed E-state index contributed by atoms with van der Waals surface area (Å²) in [7, 11) is 0. The number of carbonyl (C=O) groups excluding carboxylic acids is 1. The van der Waals surface area contributed by atoms with Gasteiger partial charge in [-0.05, 0) is 55.8 Å². The van der Waals surface area contributed by atoms with Gasteiger partial charge in [-0.25, -0.2) is 0 Å². The molecule has 0 aliphatic carbocycles. The average molecular weight is 432 g/mol. The molecule has 2 aliphatic rings. The third kappa shape index (κ3) is 7.88. The third-order valence-electron chi connectivity index (χ3n) is 5.67. The van der Waals surface area contributed by atoms with Crippen molar-refractivity contribution in [1.29, 1.82) is 0 Å². The number of likely N-dealkylation sites (tertiary alicyclic amines) is 1. The molecule has 1 aromatic carbocycles. The summed E-state index contributed by atoms with van der Waals surface area (Å²) in [5.74, 6) is 0.185. The molecule has 1 amide bonds. The van der Waals surface area contributed by atoms with E-state index in [0.29, 0.717) is 19.8 Å². The van der Waals surface area contributed by atoms with Gasteiger partial charge >= 0.3 is 0 Å². The first-order valence-electron chi connectivity index (χ1n) is 10.1. The van der Waals surface area contributed by atoms with Gasteiger partial charge in [-0.3, -0.25) is 9.69 Å². The van der Waals surface area contributed by atoms with Gasteiger partial charge in [0.05, 0.1) is 6.04 Å². The lowest BCUT2D eigenvalue weighted by molar-refractivity contribution is -0.124. The first-order valence-corrected chi connectivity index (χ1v) is 10.1. The second-order valence-corrected chi connectivity index (χ2v) is 7.70. The zero-order valence-electron chi connectivity index (χ0n) is 16.6. The minimum absolute atomic E-state index is 0. The molecule has 160 valence electrons. The summed E-state index contributed by atoms with van der Waals surface area (Å²) < 4.78 is 5.34. The minimum atomic E-state index is -0.429. The smallest absolute Gasteiger partial charge is 0.237 e. The first kappa shape index (κ1) is 25.2. The molecular weight excluding hydrogens is 397 g/mol. The fraction of sp³-hybridized carbons (Fsp3) is 0.667. The quantitative estimate of drug-likeness (QED) is 0.724. The van der Waals surface area contributed by atoms with Crippen LogP contribution in [0.5, 0.6) is 0 Å². The molecule has 1 unspecified atom stereocenters. The Balaban J connectivity index is 0.00000196. The van der Waals surface area contributed by atoms with Crippen LogP contribution >= 0.6 is 24.8 Å². The minimum Gasteiger partial charge on any atom is -0.381 e. The van der Waals surface area contributed by atoms with Gasteiger partial charge in [0, 0.05) is 26.3 Å². The Bertz CT molecular complexity index is 557. The predicted molar refractivity (Wildman–Crippen MR) is 118 cm³/mol. The van der Waals surface area contributed by atoms with Crippen LogP contribution in [0.3, 0.4) is 0 Å². The maximum absolute atomic E-state index is 12.3. The summed E-state index contributed by atoms with van der Waals surface area (Å²) in [6.07, 6.45) is 7.12. The molecule has 2 saturated heterocycles. The number of rotatable bonds is 6. The highest BCUT2D eigenvalue weighted by atomic mass is 35.5. The molecule has 0 saturated carbocycles. The van der Waals surface area contributed by atoms with Gasteiger partial charge < -0.3 is 15.8 Å². The van der Waals surface area contributed by atoms with Crippen molar-refractivity contribution in [3.05, 3.63) is 35.4 Å². The molecule has 1 atom stereocenters. The summed E-state index contributed by atoms with van der Waals surface area (Å²) in [5, 5.41) is 2.99. The molecule has 1 aromatic rings. The highest BCUT2D eigenvalue weighted by Gasteiger charge is 2.26. The van der Waals surface area contributed by atoms with E-state index in [4.69, 9.17) is 10.5 Å². The molecule has 2 heterocycles. The highest BCUT2D eigenvalue weighted by molar-refractivity contribution is 5.85. The molecule has 28 heavy (non-hydrogen) atoms. The summed E-state index contributed by atoms with van der Waals surface area (Å²) in [5.41, 5.74) is 8.59. The molecular formula is C21H35Cl2N3O2. The Morgan fingerprint density at radius 2 is 1.61 bits per heavy atom. The highest BCUT2D eigenvalue weighted by Crippen LogP contribution is 2.18. The Morgan fingerprint density at radius 1 is 1.04 bits per heavy atom. The number of amides is 1. The first-order chi connectivity index (χ1) is 12.7. The number of nitrogens with two attached hydrogens (primary N) is 1. The Hall–Kier alpha value is -0.850. The number of ether oxygens (including phenoxy) is 1. The number of nitrogens with zero attached hydrogens (tertiary/aromatic N) is 1. The van der Waals surface area contributed by atoms with Crippen LogP contribution in [0, 0.1) is 5.92 Å². The SMILES string of the molecule is Cl.Cl.NC(C(=O)NCc1ccc(CN2CCCCCC2)cc1)C1CCOCC1. The van der Waals surface area contributed by atoms with Crippen LogP contribution in [0.4, 0.5) is 0 Å². The van der Waals surface area contributed by atoms with E-state index in [1.807, 2.05) is 0 Å². The van der Waals surface area contributed by atoms with Crippen molar-refractivity contribution in [2.24, 2.45) is 11.7 Å². The van der Waals surface area contributed by atoms with Crippen LogP contribution in [0.2, 0.25) is 0 Å². The van der Waals surface area contributed by atoms with Crippen molar-refractivity contribution >= 4 is 30.7 Å². The Morgan fingerprint density at radius 3 is 2.21 bits per heavy atom. The molecule has 2 aliphatic heterocycles. The van der Waals surface area contributed by atoms with Gasteiger partial charge in [-0.2, -0.15) is 0 Å². The van der Waals surface area contributed by atoms with Crippen molar-refractivity contribution in [2.75, 3.05) is 26.3 Å². The van der Waals surface area contributed by atoms with Crippen LogP contribution in [-0.2, 0) is 22.6 Å². The van der Waals surface area contributed by atoms with Crippen molar-refractivity contribution in [2.45, 2.75) is 57.7 Å². The maximum atomic E-state index is 12.3. The Kier molecular flexibility index (Phi) is 12.0. The van der Waals surface area contributed by atoms with Crippen molar-refractivity contribution in [3.63, 3.8) is 0 Å². The van der Waals surface area contributed by atoms with E-state index in [0.717, 1.165) is 24.9 Å². The molecule has 7 heteroatoms. The van der Waals surface area contributed by atoms with Gasteiger partial charge in [-0.1, -0.05) is 37.1 Å². The second-order valence-electron chi connectivity index (χ2n) is 7.70. The molecule has 5 nitrogen and oxygen atoms in total. The van der Waals surface area contributed by atoms with E-state index >= 15 is 0 Å². The van der Waals surface area contributed by atoms with Gasteiger partial charge in [0.1, 0.15) is 0 Å². The molecule has 2 fully saturated rings. The molecule has 0 spiro atoms. The lowest BCUT2D eigenvalue weighted by Gasteiger charge is -2.26. The topological polar surface area (TPSA) is 67.6 Å². The summed E-state index contributed by atoms with van der Waals surface area (Å²) in [4.78, 5) is 14.8. The monoisotopic (exact) mass is 431 g/mol. The number of hydrogen-bond donors (Lipinski definition) is 2. The zero-order chi connectivity index (χ0) is 18.2. The fourth-order valence-corrected chi connectivity index (χ4v) is 3.91. The van der Waals surface area contributed by atoms with E-state index in [-0.39, 0.29) is 36.6 Å². The standard InChI is InChI=1S/C21H33N3O2.2ClH/c22-20(19-9-13-26-14-10-19)21(25)23-15-17-5-7-18(8-6-17)16-24-11-3-1-2-4-12-24;;/h5-8,19-20H,1-4,9-16,22H2,(H,23,25);2*1H. The van der Waals surface area contributed by atoms with Crippen LogP contribution in [0.1, 0.15) is 49.7 Å². The average Bonchev–Trinajstić information content (AvgIpc) is 2.96. The van der Waals surface area contributed by atoms with Crippen LogP contribution in [0.25, 0.3) is 0 Å². The predicted octanol–water partition coefficient (Wildman–Crippen LogP) is 3.28. The third-order valence-corrected chi connectivity index (χ3v) is 5.67. The molecule has 3 rings (SSSR count). The largest absolute Gasteiger partial charge is 0.381 e. The fourth-order valence-electron chi connectivity index (χ4n) is 3.91. The molecule has 0 radical (unpaired) electrons. The molecule has 0 aromatic heterocycles. The van der Waals surface area contributed by atoms with E-state index in [1.54, 1.807) is 0 Å². The van der Waals surface area contributed by atoms with Crippen LogP contribution in [0.15, 0.2) is 24.3 Å². The summed E-state index contributed by atoms with van der Waals surface area (Å²) in [6.45, 7) is 5.42. The van der Waals surface area contributed by atoms with E-state index in [9.17, 15) is 4.79 Å². The van der Waals surface area contributed by atoms with Gasteiger partial charge in [0.15, 0.2) is 0 Å². The number of halogens is 2. The van der Waals surface area contributed by atoms with Gasteiger partial charge in [-0.15, -0.1) is 24.8 Å². The number of benzene rings is 1. The summed E-state index contributed by atoms with van der Waals surface area (Å²) >= 11 is 0. The van der Waals surface area contributed by atoms with Gasteiger partial charge in [0.25, 0.3) is 0 Å². The van der Waals surface area contributed by atoms with E-state index in [1.165, 1.54) is 44.3 Å². The lowest BCUT2D eigenvalue weighted by atomic mass is 9.92. The van der Waals surface area contributed by atoms with Crippen molar-refractivity contribution in [3.8, 4) is 0 Å². The van der Waals surface area contributed by atoms with Crippen molar-refractivity contribution < 1.29 is 9.53 Å². The van der Waals surface area contributed by atoms with Crippen LogP contribution < -0.4 is 11.1 Å². The lowest BCUT2D eigenvalue weighted by Crippen LogP contribution is -2.46. The van der Waals surface area contributed by atoms with E-state index < -0.39 is 6.04 Å². The number of hydrogen-bond acceptors (Lipinski definition) is 4.